The van der Waals surface area contributed by atoms with Gasteiger partial charge >= 0.3 is 0 Å². The van der Waals surface area contributed by atoms with Crippen LogP contribution in [0.3, 0.4) is 0 Å². The monoisotopic (exact) mass is 244 g/mol. The molecule has 0 atom stereocenters. The highest BCUT2D eigenvalue weighted by Crippen LogP contribution is 2.26. The lowest BCUT2D eigenvalue weighted by Crippen LogP contribution is -2.02. The van der Waals surface area contributed by atoms with Gasteiger partial charge in [-0.3, -0.25) is 4.98 Å². The molecule has 1 N–H and O–H groups in total. The molecule has 2 aromatic rings. The number of hydrogen-bond donors (Lipinski definition) is 1. The molecule has 0 aliphatic rings. The second-order valence-electron chi connectivity index (χ2n) is 4.29. The zero-order valence-electron chi connectivity index (χ0n) is 11.3. The summed E-state index contributed by atoms with van der Waals surface area (Å²) >= 11 is 0. The summed E-state index contributed by atoms with van der Waals surface area (Å²) in [5, 5.41) is 4.58. The maximum atomic E-state index is 5.25. The van der Waals surface area contributed by atoms with Crippen LogP contribution in [0.15, 0.2) is 24.3 Å². The molecule has 0 saturated carbocycles. The Bertz CT molecular complexity index is 537. The minimum absolute atomic E-state index is 0.600. The number of methoxy groups -OCH3 is 1. The van der Waals surface area contributed by atoms with Gasteiger partial charge in [0.05, 0.1) is 12.1 Å². The largest absolute Gasteiger partial charge is 0.385 e. The average molecular weight is 244 g/mol. The molecule has 0 saturated heterocycles. The van der Waals surface area contributed by atoms with E-state index in [2.05, 4.69) is 43.4 Å². The number of benzene rings is 1. The van der Waals surface area contributed by atoms with E-state index in [1.807, 2.05) is 0 Å². The fraction of sp³-hybridized carbons (Fsp3) is 0.400. The first-order chi connectivity index (χ1) is 8.80. The van der Waals surface area contributed by atoms with Crippen LogP contribution in [0.25, 0.3) is 10.9 Å². The van der Waals surface area contributed by atoms with Gasteiger partial charge < -0.3 is 10.1 Å². The van der Waals surface area contributed by atoms with Gasteiger partial charge in [0.25, 0.3) is 0 Å². The molecule has 1 aromatic carbocycles. The molecule has 3 heteroatoms. The second-order valence-corrected chi connectivity index (χ2v) is 4.29. The molecule has 0 aliphatic heterocycles. The summed E-state index contributed by atoms with van der Waals surface area (Å²) in [6, 6.07) is 8.39. The molecule has 1 heterocycles. The molecular formula is C15H20N2O. The third kappa shape index (κ3) is 2.46. The minimum atomic E-state index is 0.600. The number of ether oxygens (including phenoxy) is 1. The van der Waals surface area contributed by atoms with Crippen molar-refractivity contribution in [1.29, 1.82) is 0 Å². The van der Waals surface area contributed by atoms with Gasteiger partial charge in [0.1, 0.15) is 0 Å². The lowest BCUT2D eigenvalue weighted by atomic mass is 10.1. The predicted molar refractivity (Wildman–Crippen MR) is 76.0 cm³/mol. The number of hydrogen-bond acceptors (Lipinski definition) is 3. The van der Waals surface area contributed by atoms with Gasteiger partial charge in [-0.1, -0.05) is 25.1 Å². The average Bonchev–Trinajstić information content (AvgIpc) is 2.40. The lowest BCUT2D eigenvalue weighted by Gasteiger charge is -2.12. The molecule has 0 spiro atoms. The highest BCUT2D eigenvalue weighted by molar-refractivity contribution is 5.93. The Hall–Kier alpha value is -1.61. The quantitative estimate of drug-likeness (QED) is 0.875. The topological polar surface area (TPSA) is 34.2 Å². The van der Waals surface area contributed by atoms with Crippen LogP contribution in [0.4, 0.5) is 5.69 Å². The molecule has 0 fully saturated rings. The Morgan fingerprint density at radius 2 is 2.11 bits per heavy atom. The first-order valence-corrected chi connectivity index (χ1v) is 6.44. The highest BCUT2D eigenvalue weighted by Gasteiger charge is 2.08. The van der Waals surface area contributed by atoms with E-state index in [1.54, 1.807) is 7.11 Å². The number of pyridine rings is 1. The van der Waals surface area contributed by atoms with E-state index in [-0.39, 0.29) is 0 Å². The molecule has 0 amide bonds. The van der Waals surface area contributed by atoms with E-state index in [1.165, 1.54) is 5.39 Å². The van der Waals surface area contributed by atoms with Crippen LogP contribution >= 0.6 is 0 Å². The van der Waals surface area contributed by atoms with Gasteiger partial charge in [-0.2, -0.15) is 0 Å². The summed E-state index contributed by atoms with van der Waals surface area (Å²) in [7, 11) is 1.72. The van der Waals surface area contributed by atoms with Crippen LogP contribution in [-0.2, 0) is 17.8 Å². The van der Waals surface area contributed by atoms with Gasteiger partial charge in [0, 0.05) is 36.0 Å². The molecule has 0 unspecified atom stereocenters. The van der Waals surface area contributed by atoms with Gasteiger partial charge in [-0.25, -0.2) is 0 Å². The van der Waals surface area contributed by atoms with Crippen LogP contribution in [-0.4, -0.2) is 18.6 Å². The van der Waals surface area contributed by atoms with E-state index in [9.17, 15) is 0 Å². The Morgan fingerprint density at radius 3 is 2.78 bits per heavy atom. The van der Waals surface area contributed by atoms with Crippen LogP contribution in [0, 0.1) is 0 Å². The van der Waals surface area contributed by atoms with Crippen molar-refractivity contribution < 1.29 is 4.74 Å². The van der Waals surface area contributed by atoms with Crippen molar-refractivity contribution in [3.8, 4) is 0 Å². The molecule has 0 aliphatic carbocycles. The van der Waals surface area contributed by atoms with Gasteiger partial charge in [-0.15, -0.1) is 0 Å². The van der Waals surface area contributed by atoms with Gasteiger partial charge in [-0.05, 0) is 19.4 Å². The fourth-order valence-corrected chi connectivity index (χ4v) is 2.15. The van der Waals surface area contributed by atoms with Crippen LogP contribution in [0.5, 0.6) is 0 Å². The summed E-state index contributed by atoms with van der Waals surface area (Å²) in [5.41, 5.74) is 4.47. The minimum Gasteiger partial charge on any atom is -0.385 e. The number of aromatic nitrogens is 1. The van der Waals surface area contributed by atoms with Gasteiger partial charge in [0.2, 0.25) is 0 Å². The van der Waals surface area contributed by atoms with E-state index in [0.717, 1.165) is 35.4 Å². The molecule has 2 rings (SSSR count). The molecule has 18 heavy (non-hydrogen) atoms. The SMILES string of the molecule is CCNc1cc(CC)nc2c(COC)cccc12. The summed E-state index contributed by atoms with van der Waals surface area (Å²) < 4.78 is 5.25. The Balaban J connectivity index is 2.64. The molecule has 0 radical (unpaired) electrons. The first-order valence-electron chi connectivity index (χ1n) is 6.44. The zero-order chi connectivity index (χ0) is 13.0. The molecule has 96 valence electrons. The summed E-state index contributed by atoms with van der Waals surface area (Å²) in [6.07, 6.45) is 0.940. The van der Waals surface area contributed by atoms with Crippen LogP contribution in [0.2, 0.25) is 0 Å². The summed E-state index contributed by atoms with van der Waals surface area (Å²) in [5.74, 6) is 0. The van der Waals surface area contributed by atoms with Crippen molar-refractivity contribution in [3.63, 3.8) is 0 Å². The Labute approximate surface area is 108 Å². The number of nitrogens with one attached hydrogen (secondary N) is 1. The molecule has 1 aromatic heterocycles. The molecule has 3 nitrogen and oxygen atoms in total. The third-order valence-corrected chi connectivity index (χ3v) is 3.01. The number of aryl methyl sites for hydroxylation is 1. The number of nitrogens with zero attached hydrogens (tertiary/aromatic N) is 1. The smallest absolute Gasteiger partial charge is 0.0781 e. The number of fused-ring (bicyclic) bond motifs is 1. The van der Waals surface area contributed by atoms with Crippen LogP contribution in [0.1, 0.15) is 25.1 Å². The van der Waals surface area contributed by atoms with Crippen molar-refractivity contribution in [1.82, 2.24) is 4.98 Å². The van der Waals surface area contributed by atoms with Gasteiger partial charge in [0.15, 0.2) is 0 Å². The maximum Gasteiger partial charge on any atom is 0.0781 e. The zero-order valence-corrected chi connectivity index (χ0v) is 11.3. The van der Waals surface area contributed by atoms with E-state index < -0.39 is 0 Å². The van der Waals surface area contributed by atoms with E-state index >= 15 is 0 Å². The van der Waals surface area contributed by atoms with Crippen molar-refractivity contribution in [3.05, 3.63) is 35.5 Å². The molecule has 0 bridgehead atoms. The highest BCUT2D eigenvalue weighted by atomic mass is 16.5. The first kappa shape index (κ1) is 12.8. The van der Waals surface area contributed by atoms with Crippen LogP contribution < -0.4 is 5.32 Å². The van der Waals surface area contributed by atoms with Crippen molar-refractivity contribution in [2.75, 3.05) is 19.0 Å². The number of rotatable bonds is 5. The number of anilines is 1. The van der Waals surface area contributed by atoms with Crippen molar-refractivity contribution >= 4 is 16.6 Å². The Morgan fingerprint density at radius 1 is 1.28 bits per heavy atom. The second kappa shape index (κ2) is 5.83. The lowest BCUT2D eigenvalue weighted by molar-refractivity contribution is 0.186. The predicted octanol–water partition coefficient (Wildman–Crippen LogP) is 3.38. The third-order valence-electron chi connectivity index (χ3n) is 3.01. The summed E-state index contributed by atoms with van der Waals surface area (Å²) in [4.78, 5) is 4.74. The van der Waals surface area contributed by atoms with Crippen molar-refractivity contribution in [2.24, 2.45) is 0 Å². The number of para-hydroxylation sites is 1. The van der Waals surface area contributed by atoms with Crippen molar-refractivity contribution in [2.45, 2.75) is 26.9 Å². The maximum absolute atomic E-state index is 5.25. The fourth-order valence-electron chi connectivity index (χ4n) is 2.15. The van der Waals surface area contributed by atoms with E-state index in [0.29, 0.717) is 6.61 Å². The van der Waals surface area contributed by atoms with E-state index in [4.69, 9.17) is 9.72 Å². The summed E-state index contributed by atoms with van der Waals surface area (Å²) in [6.45, 7) is 5.75. The normalized spacial score (nSPS) is 10.8. The Kier molecular flexibility index (Phi) is 4.15. The molecular weight excluding hydrogens is 224 g/mol. The standard InChI is InChI=1S/C15H20N2O/c1-4-12-9-14(16-5-2)13-8-6-7-11(10-18-3)15(13)17-12/h6-9H,4-5,10H2,1-3H3,(H,16,17).